The van der Waals surface area contributed by atoms with Crippen LogP contribution in [0.2, 0.25) is 25.1 Å². The molecule has 0 atom stereocenters. The molecule has 134 valence electrons. The molecule has 1 N–H and O–H groups in total. The van der Waals surface area contributed by atoms with Crippen molar-refractivity contribution in [1.29, 1.82) is 0 Å². The highest BCUT2D eigenvalue weighted by molar-refractivity contribution is 7.97. The number of benzene rings is 3. The van der Waals surface area contributed by atoms with E-state index in [0.29, 0.717) is 4.90 Å². The maximum atomic E-state index is 6.33. The summed E-state index contributed by atoms with van der Waals surface area (Å²) in [6, 6.07) is 20.1. The molecule has 0 aliphatic heterocycles. The second kappa shape index (κ2) is 9.07. The van der Waals surface area contributed by atoms with Crippen LogP contribution in [0, 0.1) is 0 Å². The van der Waals surface area contributed by atoms with E-state index in [9.17, 15) is 0 Å². The summed E-state index contributed by atoms with van der Waals surface area (Å²) < 4.78 is 3.41. The smallest absolute Gasteiger partial charge is 0.0809 e. The summed E-state index contributed by atoms with van der Waals surface area (Å²) in [6.07, 6.45) is 0. The quantitative estimate of drug-likeness (QED) is 0.232. The molecule has 0 saturated carbocycles. The van der Waals surface area contributed by atoms with Crippen LogP contribution in [0.3, 0.4) is 0 Å². The van der Waals surface area contributed by atoms with Crippen molar-refractivity contribution in [3.05, 3.63) is 96.9 Å². The van der Waals surface area contributed by atoms with Crippen molar-refractivity contribution in [1.82, 2.24) is 4.72 Å². The van der Waals surface area contributed by atoms with Gasteiger partial charge in [-0.25, -0.2) is 4.72 Å². The number of nitrogens with one attached hydrogen (secondary N) is 1. The lowest BCUT2D eigenvalue weighted by atomic mass is 10.00. The third kappa shape index (κ3) is 4.28. The fraction of sp³-hybridized carbons (Fsp3) is 0.0526. The predicted octanol–water partition coefficient (Wildman–Crippen LogP) is 8.34. The van der Waals surface area contributed by atoms with Gasteiger partial charge in [0.25, 0.3) is 0 Å². The number of rotatable bonds is 5. The van der Waals surface area contributed by atoms with Crippen LogP contribution in [-0.2, 0) is 0 Å². The molecular formula is C19H12Cl5NS. The van der Waals surface area contributed by atoms with E-state index in [4.69, 9.17) is 58.0 Å². The van der Waals surface area contributed by atoms with Gasteiger partial charge in [-0.2, -0.15) is 0 Å². The Morgan fingerprint density at radius 1 is 0.577 bits per heavy atom. The van der Waals surface area contributed by atoms with Gasteiger partial charge in [0.05, 0.1) is 36.1 Å². The first-order valence-corrected chi connectivity index (χ1v) is 10.2. The number of hydrogen-bond donors (Lipinski definition) is 1. The van der Waals surface area contributed by atoms with Crippen molar-refractivity contribution in [2.45, 2.75) is 10.9 Å². The summed E-state index contributed by atoms with van der Waals surface area (Å²) in [5.74, 6) is 0. The van der Waals surface area contributed by atoms with Gasteiger partial charge in [0, 0.05) is 0 Å². The summed E-state index contributed by atoms with van der Waals surface area (Å²) in [4.78, 5) is 0.532. The molecule has 3 aromatic rings. The Hall–Kier alpha value is -0.580. The minimum atomic E-state index is -0.0808. The van der Waals surface area contributed by atoms with E-state index in [1.807, 2.05) is 36.4 Å². The largest absolute Gasteiger partial charge is 0.248 e. The van der Waals surface area contributed by atoms with Gasteiger partial charge in [0.2, 0.25) is 0 Å². The Bertz CT molecular complexity index is 834. The molecule has 0 aliphatic carbocycles. The molecule has 0 heterocycles. The molecule has 0 spiro atoms. The van der Waals surface area contributed by atoms with Gasteiger partial charge in [0.1, 0.15) is 0 Å². The zero-order valence-corrected chi connectivity index (χ0v) is 17.7. The van der Waals surface area contributed by atoms with Gasteiger partial charge in [0.15, 0.2) is 0 Å². The summed E-state index contributed by atoms with van der Waals surface area (Å²) in [5, 5.41) is 1.05. The third-order valence-corrected chi connectivity index (χ3v) is 7.18. The van der Waals surface area contributed by atoms with E-state index < -0.39 is 0 Å². The van der Waals surface area contributed by atoms with E-state index >= 15 is 0 Å². The monoisotopic (exact) mass is 461 g/mol. The van der Waals surface area contributed by atoms with Crippen LogP contribution < -0.4 is 4.72 Å². The van der Waals surface area contributed by atoms with Crippen molar-refractivity contribution in [3.8, 4) is 0 Å². The van der Waals surface area contributed by atoms with Crippen LogP contribution in [0.5, 0.6) is 0 Å². The number of hydrogen-bond acceptors (Lipinski definition) is 2. The zero-order chi connectivity index (χ0) is 18.7. The Morgan fingerprint density at radius 3 is 1.38 bits per heavy atom. The van der Waals surface area contributed by atoms with Gasteiger partial charge >= 0.3 is 0 Å². The van der Waals surface area contributed by atoms with Crippen LogP contribution >= 0.6 is 70.0 Å². The molecule has 0 saturated heterocycles. The Balaban J connectivity index is 1.95. The van der Waals surface area contributed by atoms with Gasteiger partial charge in [-0.1, -0.05) is 119 Å². The third-order valence-electron chi connectivity index (χ3n) is 3.71. The molecule has 0 amide bonds. The predicted molar refractivity (Wildman–Crippen MR) is 115 cm³/mol. The molecule has 3 rings (SSSR count). The summed E-state index contributed by atoms with van der Waals surface area (Å²) in [6.45, 7) is 0. The highest BCUT2D eigenvalue weighted by Crippen LogP contribution is 2.47. The normalized spacial score (nSPS) is 11.2. The van der Waals surface area contributed by atoms with Crippen LogP contribution in [0.15, 0.2) is 65.6 Å². The summed E-state index contributed by atoms with van der Waals surface area (Å²) in [7, 11) is 0. The van der Waals surface area contributed by atoms with Crippen molar-refractivity contribution < 1.29 is 0 Å². The lowest BCUT2D eigenvalue weighted by Gasteiger charge is -2.20. The van der Waals surface area contributed by atoms with Crippen LogP contribution in [0.4, 0.5) is 0 Å². The zero-order valence-electron chi connectivity index (χ0n) is 13.1. The molecule has 3 aromatic carbocycles. The molecule has 26 heavy (non-hydrogen) atoms. The molecule has 0 aliphatic rings. The van der Waals surface area contributed by atoms with Gasteiger partial charge < -0.3 is 0 Å². The average Bonchev–Trinajstić information content (AvgIpc) is 2.69. The molecule has 0 radical (unpaired) electrons. The Kier molecular flexibility index (Phi) is 7.04. The van der Waals surface area contributed by atoms with Crippen LogP contribution in [0.1, 0.15) is 17.2 Å². The second-order valence-corrected chi connectivity index (χ2v) is 8.11. The maximum Gasteiger partial charge on any atom is 0.0809 e. The Labute approximate surface area is 181 Å². The molecule has 0 aromatic heterocycles. The minimum absolute atomic E-state index is 0.0808. The van der Waals surface area contributed by atoms with E-state index in [1.165, 1.54) is 11.9 Å². The van der Waals surface area contributed by atoms with Crippen molar-refractivity contribution in [3.63, 3.8) is 0 Å². The molecule has 7 heteroatoms. The second-order valence-electron chi connectivity index (χ2n) is 5.37. The fourth-order valence-corrected chi connectivity index (χ4v) is 4.78. The molecule has 0 fully saturated rings. The first-order valence-electron chi connectivity index (χ1n) is 7.54. The first-order chi connectivity index (χ1) is 12.5. The highest BCUT2D eigenvalue weighted by Gasteiger charge is 2.21. The van der Waals surface area contributed by atoms with Crippen molar-refractivity contribution >= 4 is 70.0 Å². The van der Waals surface area contributed by atoms with E-state index in [-0.39, 0.29) is 31.2 Å². The lowest BCUT2D eigenvalue weighted by Crippen LogP contribution is -2.15. The minimum Gasteiger partial charge on any atom is -0.248 e. The summed E-state index contributed by atoms with van der Waals surface area (Å²) in [5.41, 5.74) is 2.20. The average molecular weight is 464 g/mol. The van der Waals surface area contributed by atoms with Gasteiger partial charge in [-0.05, 0) is 23.1 Å². The molecular weight excluding hydrogens is 452 g/mol. The SMILES string of the molecule is Clc1c(Cl)c(Cl)c(SNC(c2ccccc2)c2ccccc2)c(Cl)c1Cl. The highest BCUT2D eigenvalue weighted by atomic mass is 35.5. The fourth-order valence-electron chi connectivity index (χ4n) is 2.41. The van der Waals surface area contributed by atoms with Crippen LogP contribution in [0.25, 0.3) is 0 Å². The van der Waals surface area contributed by atoms with E-state index in [2.05, 4.69) is 29.0 Å². The summed E-state index contributed by atoms with van der Waals surface area (Å²) >= 11 is 32.3. The van der Waals surface area contributed by atoms with E-state index in [0.717, 1.165) is 11.1 Å². The Morgan fingerprint density at radius 2 is 0.962 bits per heavy atom. The van der Waals surface area contributed by atoms with Gasteiger partial charge in [-0.3, -0.25) is 0 Å². The first kappa shape index (κ1) is 20.2. The molecule has 1 nitrogen and oxygen atoms in total. The van der Waals surface area contributed by atoms with Gasteiger partial charge in [-0.15, -0.1) is 0 Å². The van der Waals surface area contributed by atoms with Crippen molar-refractivity contribution in [2.75, 3.05) is 0 Å². The van der Waals surface area contributed by atoms with Crippen LogP contribution in [-0.4, -0.2) is 0 Å². The van der Waals surface area contributed by atoms with E-state index in [1.54, 1.807) is 0 Å². The maximum absolute atomic E-state index is 6.33. The lowest BCUT2D eigenvalue weighted by molar-refractivity contribution is 0.803. The topological polar surface area (TPSA) is 12.0 Å². The standard InChI is InChI=1S/C19H12Cl5NS/c20-13-14(21)16(23)19(17(24)15(13)22)26-25-18(11-7-3-1-4-8-11)12-9-5-2-6-10-12/h1-10,18,25H. The number of halogens is 5. The van der Waals surface area contributed by atoms with Crippen molar-refractivity contribution in [2.24, 2.45) is 0 Å². The molecule has 0 bridgehead atoms. The molecule has 0 unspecified atom stereocenters.